The monoisotopic (exact) mass is 343 g/mol. The number of thiophene rings is 1. The molecule has 0 amide bonds. The molecule has 22 heavy (non-hydrogen) atoms. The molecule has 2 heterocycles. The van der Waals surface area contributed by atoms with Crippen molar-refractivity contribution in [2.24, 2.45) is 5.73 Å². The fourth-order valence-corrected chi connectivity index (χ4v) is 2.66. The highest BCUT2D eigenvalue weighted by Crippen LogP contribution is 2.11. The van der Waals surface area contributed by atoms with Crippen molar-refractivity contribution in [3.63, 3.8) is 0 Å². The normalized spacial score (nSPS) is 12.6. The van der Waals surface area contributed by atoms with Gasteiger partial charge in [-0.25, -0.2) is 4.98 Å². The van der Waals surface area contributed by atoms with Gasteiger partial charge in [0.05, 0.1) is 0 Å². The molecule has 0 saturated carbocycles. The summed E-state index contributed by atoms with van der Waals surface area (Å²) >= 11 is 2.91. The number of nitrogens with one attached hydrogen (secondary N) is 1. The highest BCUT2D eigenvalue weighted by molar-refractivity contribution is 7.13. The molecule has 0 aliphatic rings. The molecule has 0 saturated heterocycles. The summed E-state index contributed by atoms with van der Waals surface area (Å²) in [6.07, 6.45) is 2.05. The standard InChI is InChI=1S/C7H9NO2S.C6H8N2O2S/c8-6(7(9)10)4-5-2-1-3-11-5;1-4(5(9)10)8-6-7-2-3-11-6/h1-3,6H,4,8H2,(H,9,10);2-4H,1H3,(H,7,8)(H,9,10)/t6-;/m0./s1. The number of anilines is 1. The molecule has 0 aromatic carbocycles. The smallest absolute Gasteiger partial charge is 0.325 e. The third-order valence-corrected chi connectivity index (χ3v) is 4.06. The Morgan fingerprint density at radius 1 is 1.32 bits per heavy atom. The Balaban J connectivity index is 0.000000220. The van der Waals surface area contributed by atoms with E-state index in [4.69, 9.17) is 15.9 Å². The van der Waals surface area contributed by atoms with Crippen LogP contribution in [0, 0.1) is 0 Å². The van der Waals surface area contributed by atoms with Crippen LogP contribution in [-0.2, 0) is 16.0 Å². The number of thiazole rings is 1. The maximum atomic E-state index is 10.3. The number of carbonyl (C=O) groups is 2. The summed E-state index contributed by atoms with van der Waals surface area (Å²) < 4.78 is 0. The molecule has 120 valence electrons. The van der Waals surface area contributed by atoms with Crippen molar-refractivity contribution in [3.8, 4) is 0 Å². The Bertz CT molecular complexity index is 520. The Labute approximate surface area is 135 Å². The zero-order valence-corrected chi connectivity index (χ0v) is 13.4. The topological polar surface area (TPSA) is 126 Å². The number of carboxylic acid groups (broad SMARTS) is 2. The van der Waals surface area contributed by atoms with Crippen LogP contribution >= 0.6 is 22.7 Å². The van der Waals surface area contributed by atoms with Gasteiger partial charge >= 0.3 is 11.9 Å². The van der Waals surface area contributed by atoms with Crippen LogP contribution < -0.4 is 11.1 Å². The maximum Gasteiger partial charge on any atom is 0.325 e. The molecule has 2 aromatic heterocycles. The van der Waals surface area contributed by atoms with Crippen LogP contribution in [0.2, 0.25) is 0 Å². The second-order valence-electron chi connectivity index (χ2n) is 4.27. The molecule has 0 aliphatic heterocycles. The quantitative estimate of drug-likeness (QED) is 0.629. The number of aromatic nitrogens is 1. The van der Waals surface area contributed by atoms with E-state index in [9.17, 15) is 9.59 Å². The third kappa shape index (κ3) is 6.66. The van der Waals surface area contributed by atoms with Gasteiger partial charge in [0.2, 0.25) is 0 Å². The van der Waals surface area contributed by atoms with Gasteiger partial charge in [0.25, 0.3) is 0 Å². The van der Waals surface area contributed by atoms with Gasteiger partial charge in [-0.05, 0) is 18.4 Å². The van der Waals surface area contributed by atoms with Gasteiger partial charge in [0.1, 0.15) is 12.1 Å². The van der Waals surface area contributed by atoms with Crippen LogP contribution in [-0.4, -0.2) is 39.2 Å². The van der Waals surface area contributed by atoms with E-state index in [0.29, 0.717) is 11.6 Å². The van der Waals surface area contributed by atoms with E-state index in [1.807, 2.05) is 17.5 Å². The average molecular weight is 343 g/mol. The van der Waals surface area contributed by atoms with E-state index in [1.165, 1.54) is 22.7 Å². The molecule has 0 bridgehead atoms. The number of carboxylic acids is 2. The first-order valence-corrected chi connectivity index (χ1v) is 8.05. The van der Waals surface area contributed by atoms with Crippen LogP contribution in [0.25, 0.3) is 0 Å². The van der Waals surface area contributed by atoms with Gasteiger partial charge in [-0.15, -0.1) is 22.7 Å². The second-order valence-corrected chi connectivity index (χ2v) is 6.20. The molecule has 2 rings (SSSR count). The molecule has 7 nitrogen and oxygen atoms in total. The van der Waals surface area contributed by atoms with Crippen molar-refractivity contribution in [2.45, 2.75) is 25.4 Å². The minimum Gasteiger partial charge on any atom is -0.480 e. The van der Waals surface area contributed by atoms with Crippen molar-refractivity contribution in [1.29, 1.82) is 0 Å². The van der Waals surface area contributed by atoms with Gasteiger partial charge in [-0.3, -0.25) is 9.59 Å². The zero-order valence-electron chi connectivity index (χ0n) is 11.8. The molecule has 0 spiro atoms. The van der Waals surface area contributed by atoms with Gasteiger partial charge in [0.15, 0.2) is 5.13 Å². The predicted octanol–water partition coefficient (Wildman–Crippen LogP) is 1.73. The van der Waals surface area contributed by atoms with Crippen LogP contribution in [0.5, 0.6) is 0 Å². The summed E-state index contributed by atoms with van der Waals surface area (Å²) in [5, 5.41) is 24.0. The minimum absolute atomic E-state index is 0.424. The first-order chi connectivity index (χ1) is 10.4. The Hall–Kier alpha value is -1.97. The number of rotatable bonds is 6. The fraction of sp³-hybridized carbons (Fsp3) is 0.308. The molecular formula is C13H17N3O4S2. The second kappa shape index (κ2) is 9.13. The average Bonchev–Trinajstić information content (AvgIpc) is 3.12. The van der Waals surface area contributed by atoms with E-state index in [2.05, 4.69) is 10.3 Å². The van der Waals surface area contributed by atoms with Crippen LogP contribution in [0.1, 0.15) is 11.8 Å². The highest BCUT2D eigenvalue weighted by Gasteiger charge is 2.12. The molecular weight excluding hydrogens is 326 g/mol. The van der Waals surface area contributed by atoms with Crippen molar-refractivity contribution in [2.75, 3.05) is 5.32 Å². The summed E-state index contributed by atoms with van der Waals surface area (Å²) in [5.74, 6) is -1.82. The van der Waals surface area contributed by atoms with Gasteiger partial charge in [0, 0.05) is 22.9 Å². The molecule has 0 aliphatic carbocycles. The molecule has 2 atom stereocenters. The van der Waals surface area contributed by atoms with Crippen molar-refractivity contribution in [3.05, 3.63) is 34.0 Å². The lowest BCUT2D eigenvalue weighted by Gasteiger charge is -2.05. The Morgan fingerprint density at radius 3 is 2.50 bits per heavy atom. The van der Waals surface area contributed by atoms with E-state index in [-0.39, 0.29) is 0 Å². The van der Waals surface area contributed by atoms with E-state index < -0.39 is 24.0 Å². The first-order valence-electron chi connectivity index (χ1n) is 6.29. The summed E-state index contributed by atoms with van der Waals surface area (Å²) in [5.41, 5.74) is 5.31. The first kappa shape index (κ1) is 18.1. The third-order valence-electron chi connectivity index (χ3n) is 2.46. The lowest BCUT2D eigenvalue weighted by molar-refractivity contribution is -0.139. The van der Waals surface area contributed by atoms with Crippen LogP contribution in [0.4, 0.5) is 5.13 Å². The molecule has 0 fully saturated rings. The van der Waals surface area contributed by atoms with Crippen molar-refractivity contribution < 1.29 is 19.8 Å². The maximum absolute atomic E-state index is 10.3. The molecule has 0 radical (unpaired) electrons. The Kier molecular flexibility index (Phi) is 7.50. The highest BCUT2D eigenvalue weighted by atomic mass is 32.1. The largest absolute Gasteiger partial charge is 0.480 e. The van der Waals surface area contributed by atoms with Crippen molar-refractivity contribution >= 4 is 39.7 Å². The van der Waals surface area contributed by atoms with Gasteiger partial charge < -0.3 is 21.3 Å². The van der Waals surface area contributed by atoms with Crippen LogP contribution in [0.3, 0.4) is 0 Å². The fourth-order valence-electron chi connectivity index (χ4n) is 1.27. The van der Waals surface area contributed by atoms with E-state index in [1.54, 1.807) is 18.5 Å². The van der Waals surface area contributed by atoms with E-state index in [0.717, 1.165) is 4.88 Å². The molecule has 2 aromatic rings. The van der Waals surface area contributed by atoms with Gasteiger partial charge in [-0.2, -0.15) is 0 Å². The minimum atomic E-state index is -0.946. The number of aliphatic carboxylic acids is 2. The van der Waals surface area contributed by atoms with Crippen molar-refractivity contribution in [1.82, 2.24) is 4.98 Å². The molecule has 9 heteroatoms. The lowest BCUT2D eigenvalue weighted by Crippen LogP contribution is -2.31. The number of nitrogens with two attached hydrogens (primary N) is 1. The number of hydrogen-bond acceptors (Lipinski definition) is 7. The summed E-state index contributed by atoms with van der Waals surface area (Å²) in [6.45, 7) is 1.57. The van der Waals surface area contributed by atoms with Gasteiger partial charge in [-0.1, -0.05) is 6.07 Å². The zero-order chi connectivity index (χ0) is 16.5. The SMILES string of the molecule is CC(Nc1nccs1)C(=O)O.N[C@@H](Cc1cccs1)C(=O)O. The lowest BCUT2D eigenvalue weighted by atomic mass is 10.2. The summed E-state index contributed by atoms with van der Waals surface area (Å²) in [4.78, 5) is 25.5. The number of hydrogen-bond donors (Lipinski definition) is 4. The van der Waals surface area contributed by atoms with Crippen LogP contribution in [0.15, 0.2) is 29.1 Å². The summed E-state index contributed by atoms with van der Waals surface area (Å²) in [7, 11) is 0. The Morgan fingerprint density at radius 2 is 2.05 bits per heavy atom. The predicted molar refractivity (Wildman–Crippen MR) is 86.5 cm³/mol. The number of nitrogens with zero attached hydrogens (tertiary/aromatic N) is 1. The van der Waals surface area contributed by atoms with E-state index >= 15 is 0 Å². The summed E-state index contributed by atoms with van der Waals surface area (Å²) in [6, 6.07) is 2.41. The molecule has 1 unspecified atom stereocenters. The molecule has 5 N–H and O–H groups in total.